The first-order valence-electron chi connectivity index (χ1n) is 10.6. The maximum atomic E-state index is 5.91. The number of guanidine groups is 1. The lowest BCUT2D eigenvalue weighted by atomic mass is 10.1. The molecule has 164 valence electrons. The Labute approximate surface area is 175 Å². The van der Waals surface area contributed by atoms with Crippen LogP contribution in [0.15, 0.2) is 23.2 Å². The zero-order valence-electron chi connectivity index (χ0n) is 18.7. The molecule has 1 unspecified atom stereocenters. The van der Waals surface area contributed by atoms with Crippen LogP contribution < -0.4 is 20.1 Å². The molecule has 1 aromatic rings. The van der Waals surface area contributed by atoms with E-state index in [2.05, 4.69) is 36.3 Å². The molecule has 0 aromatic heterocycles. The van der Waals surface area contributed by atoms with Gasteiger partial charge in [0.2, 0.25) is 0 Å². The van der Waals surface area contributed by atoms with E-state index in [0.29, 0.717) is 12.5 Å². The van der Waals surface area contributed by atoms with Crippen LogP contribution in [0.2, 0.25) is 0 Å². The molecule has 29 heavy (non-hydrogen) atoms. The molecule has 1 saturated heterocycles. The highest BCUT2D eigenvalue weighted by Gasteiger charge is 2.20. The fraction of sp³-hybridized carbons (Fsp3) is 0.682. The maximum Gasteiger partial charge on any atom is 0.191 e. The zero-order chi connectivity index (χ0) is 21.1. The maximum absolute atomic E-state index is 5.91. The minimum Gasteiger partial charge on any atom is -0.497 e. The quantitative estimate of drug-likeness (QED) is 0.459. The van der Waals surface area contributed by atoms with Gasteiger partial charge in [-0.3, -0.25) is 9.89 Å². The Morgan fingerprint density at radius 3 is 2.79 bits per heavy atom. The topological polar surface area (TPSA) is 67.4 Å². The molecule has 0 saturated carbocycles. The van der Waals surface area contributed by atoms with E-state index in [9.17, 15) is 0 Å². The molecule has 1 atom stereocenters. The van der Waals surface area contributed by atoms with Crippen molar-refractivity contribution in [3.8, 4) is 11.5 Å². The van der Waals surface area contributed by atoms with Crippen molar-refractivity contribution in [2.24, 2.45) is 10.9 Å². The van der Waals surface area contributed by atoms with Gasteiger partial charge in [0.25, 0.3) is 0 Å². The highest BCUT2D eigenvalue weighted by atomic mass is 16.5. The second-order valence-electron chi connectivity index (χ2n) is 7.72. The first-order chi connectivity index (χ1) is 14.0. The molecule has 1 heterocycles. The third-order valence-electron chi connectivity index (χ3n) is 4.82. The predicted molar refractivity (Wildman–Crippen MR) is 118 cm³/mol. The highest BCUT2D eigenvalue weighted by molar-refractivity contribution is 5.79. The molecule has 1 aliphatic rings. The van der Waals surface area contributed by atoms with Crippen LogP contribution in [-0.2, 0) is 11.2 Å². The van der Waals surface area contributed by atoms with Crippen LogP contribution in [0.5, 0.6) is 11.5 Å². The van der Waals surface area contributed by atoms with Gasteiger partial charge in [-0.05, 0) is 43.0 Å². The number of nitrogens with one attached hydrogen (secondary N) is 2. The van der Waals surface area contributed by atoms with Crippen molar-refractivity contribution < 1.29 is 14.2 Å². The molecule has 1 aromatic carbocycles. The van der Waals surface area contributed by atoms with Crippen LogP contribution in [0.1, 0.15) is 26.3 Å². The third-order valence-corrected chi connectivity index (χ3v) is 4.82. The normalized spacial score (nSPS) is 18.0. The molecule has 0 bridgehead atoms. The van der Waals surface area contributed by atoms with Crippen LogP contribution >= 0.6 is 0 Å². The Kier molecular flexibility index (Phi) is 10.1. The van der Waals surface area contributed by atoms with Gasteiger partial charge >= 0.3 is 0 Å². The molecule has 0 spiro atoms. The van der Waals surface area contributed by atoms with Gasteiger partial charge in [-0.1, -0.05) is 13.8 Å². The van der Waals surface area contributed by atoms with E-state index in [1.165, 1.54) is 0 Å². The van der Waals surface area contributed by atoms with E-state index < -0.39 is 0 Å². The summed E-state index contributed by atoms with van der Waals surface area (Å²) in [6.07, 6.45) is 0.962. The third kappa shape index (κ3) is 8.11. The molecule has 2 rings (SSSR count). The Morgan fingerprint density at radius 1 is 1.28 bits per heavy atom. The number of methoxy groups -OCH3 is 2. The largest absolute Gasteiger partial charge is 0.497 e. The lowest BCUT2D eigenvalue weighted by molar-refractivity contribution is -0.0261. The summed E-state index contributed by atoms with van der Waals surface area (Å²) in [5, 5.41) is 6.73. The fourth-order valence-corrected chi connectivity index (χ4v) is 3.50. The molecule has 0 radical (unpaired) electrons. The summed E-state index contributed by atoms with van der Waals surface area (Å²) in [6, 6.07) is 5.87. The summed E-state index contributed by atoms with van der Waals surface area (Å²) >= 11 is 0. The van der Waals surface area contributed by atoms with Crippen molar-refractivity contribution >= 4 is 5.96 Å². The summed E-state index contributed by atoms with van der Waals surface area (Å²) < 4.78 is 16.7. The molecule has 1 aliphatic heterocycles. The van der Waals surface area contributed by atoms with Crippen LogP contribution in [0, 0.1) is 5.92 Å². The molecular weight excluding hydrogens is 368 g/mol. The van der Waals surface area contributed by atoms with Gasteiger partial charge in [0.1, 0.15) is 11.5 Å². The van der Waals surface area contributed by atoms with Crippen LogP contribution in [0.3, 0.4) is 0 Å². The standard InChI is InChI=1S/C22H38N4O3/c1-6-23-22(25-14-20-16-26(11-12-29-20)15-17(2)3)24-10-9-18-13-19(27-4)7-8-21(18)28-5/h7-8,13,17,20H,6,9-12,14-16H2,1-5H3,(H2,23,24,25). The lowest BCUT2D eigenvalue weighted by Gasteiger charge is -2.33. The van der Waals surface area contributed by atoms with Crippen molar-refractivity contribution in [2.75, 3.05) is 60.1 Å². The Balaban J connectivity index is 1.88. The van der Waals surface area contributed by atoms with E-state index in [1.54, 1.807) is 14.2 Å². The summed E-state index contributed by atoms with van der Waals surface area (Å²) in [5.74, 6) is 3.20. The van der Waals surface area contributed by atoms with Crippen LogP contribution in [0.4, 0.5) is 0 Å². The molecule has 1 fully saturated rings. The van der Waals surface area contributed by atoms with Crippen molar-refractivity contribution in [3.63, 3.8) is 0 Å². The Hall–Kier alpha value is -1.99. The summed E-state index contributed by atoms with van der Waals surface area (Å²) in [4.78, 5) is 7.22. The van der Waals surface area contributed by atoms with Gasteiger partial charge in [0, 0.05) is 32.7 Å². The van der Waals surface area contributed by atoms with E-state index >= 15 is 0 Å². The van der Waals surface area contributed by atoms with Crippen molar-refractivity contribution in [1.29, 1.82) is 0 Å². The van der Waals surface area contributed by atoms with Gasteiger partial charge in [0.05, 0.1) is 33.5 Å². The monoisotopic (exact) mass is 406 g/mol. The molecule has 7 nitrogen and oxygen atoms in total. The van der Waals surface area contributed by atoms with E-state index in [0.717, 1.165) is 68.8 Å². The second-order valence-corrected chi connectivity index (χ2v) is 7.72. The summed E-state index contributed by atoms with van der Waals surface area (Å²) in [5.41, 5.74) is 1.11. The SMILES string of the molecule is CCNC(=NCC1CN(CC(C)C)CCO1)NCCc1cc(OC)ccc1OC. The zero-order valence-corrected chi connectivity index (χ0v) is 18.7. The van der Waals surface area contributed by atoms with Gasteiger partial charge in [-0.15, -0.1) is 0 Å². The minimum absolute atomic E-state index is 0.149. The number of aliphatic imine (C=N–C) groups is 1. The number of nitrogens with zero attached hydrogens (tertiary/aromatic N) is 2. The Morgan fingerprint density at radius 2 is 2.10 bits per heavy atom. The first-order valence-corrected chi connectivity index (χ1v) is 10.6. The average molecular weight is 407 g/mol. The molecule has 0 aliphatic carbocycles. The fourth-order valence-electron chi connectivity index (χ4n) is 3.50. The van der Waals surface area contributed by atoms with Crippen LogP contribution in [0.25, 0.3) is 0 Å². The molecule has 7 heteroatoms. The van der Waals surface area contributed by atoms with Crippen LogP contribution in [-0.4, -0.2) is 77.1 Å². The number of hydrogen-bond donors (Lipinski definition) is 2. The number of benzene rings is 1. The highest BCUT2D eigenvalue weighted by Crippen LogP contribution is 2.24. The van der Waals surface area contributed by atoms with Crippen molar-refractivity contribution in [3.05, 3.63) is 23.8 Å². The summed E-state index contributed by atoms with van der Waals surface area (Å²) in [7, 11) is 3.37. The molecule has 2 N–H and O–H groups in total. The molecular formula is C22H38N4O3. The number of ether oxygens (including phenoxy) is 3. The van der Waals surface area contributed by atoms with E-state index in [4.69, 9.17) is 19.2 Å². The van der Waals surface area contributed by atoms with Gasteiger partial charge in [-0.2, -0.15) is 0 Å². The number of rotatable bonds is 10. The first kappa shape index (κ1) is 23.3. The predicted octanol–water partition coefficient (Wildman–Crippen LogP) is 2.16. The van der Waals surface area contributed by atoms with Gasteiger partial charge in [0.15, 0.2) is 5.96 Å². The summed E-state index contributed by atoms with van der Waals surface area (Å²) in [6.45, 7) is 12.7. The van der Waals surface area contributed by atoms with Crippen molar-refractivity contribution in [1.82, 2.24) is 15.5 Å². The lowest BCUT2D eigenvalue weighted by Crippen LogP contribution is -2.46. The van der Waals surface area contributed by atoms with E-state index in [-0.39, 0.29) is 6.10 Å². The van der Waals surface area contributed by atoms with Crippen molar-refractivity contribution in [2.45, 2.75) is 33.3 Å². The minimum atomic E-state index is 0.149. The molecule has 0 amide bonds. The number of hydrogen-bond acceptors (Lipinski definition) is 5. The average Bonchev–Trinajstić information content (AvgIpc) is 2.71. The number of morpholine rings is 1. The Bertz CT molecular complexity index is 636. The smallest absolute Gasteiger partial charge is 0.191 e. The van der Waals surface area contributed by atoms with Gasteiger partial charge in [-0.25, -0.2) is 0 Å². The van der Waals surface area contributed by atoms with E-state index in [1.807, 2.05) is 18.2 Å². The second kappa shape index (κ2) is 12.5. The van der Waals surface area contributed by atoms with Gasteiger partial charge < -0.3 is 24.8 Å².